The van der Waals surface area contributed by atoms with Crippen molar-refractivity contribution in [2.24, 2.45) is 4.99 Å². The molecule has 0 radical (unpaired) electrons. The molecule has 1 aliphatic rings. The Labute approximate surface area is 120 Å². The van der Waals surface area contributed by atoms with Crippen LogP contribution in [-0.2, 0) is 6.54 Å². The third kappa shape index (κ3) is 1.86. The summed E-state index contributed by atoms with van der Waals surface area (Å²) in [5.74, 6) is 0.470. The molecule has 1 aliphatic heterocycles. The van der Waals surface area contributed by atoms with Gasteiger partial charge in [0.2, 0.25) is 0 Å². The van der Waals surface area contributed by atoms with Crippen molar-refractivity contribution in [1.29, 1.82) is 0 Å². The summed E-state index contributed by atoms with van der Waals surface area (Å²) in [5.41, 5.74) is 2.94. The molecule has 102 valence electrons. The predicted molar refractivity (Wildman–Crippen MR) is 77.1 cm³/mol. The average Bonchev–Trinajstić information content (AvgIpc) is 2.92. The molecule has 2 heterocycles. The minimum atomic E-state index is -0.274. The van der Waals surface area contributed by atoms with Gasteiger partial charge < -0.3 is 0 Å². The van der Waals surface area contributed by atoms with Crippen LogP contribution in [0.1, 0.15) is 17.0 Å². The van der Waals surface area contributed by atoms with Crippen molar-refractivity contribution in [1.82, 2.24) is 14.8 Å². The third-order valence-electron chi connectivity index (χ3n) is 3.54. The van der Waals surface area contributed by atoms with Gasteiger partial charge in [-0.15, -0.1) is 10.2 Å². The van der Waals surface area contributed by atoms with Crippen molar-refractivity contribution >= 4 is 5.71 Å². The highest BCUT2D eigenvalue weighted by atomic mass is 19.1. The first kappa shape index (κ1) is 12.0. The summed E-state index contributed by atoms with van der Waals surface area (Å²) in [6.45, 7) is 0.373. The monoisotopic (exact) mass is 278 g/mol. The lowest BCUT2D eigenvalue weighted by Crippen LogP contribution is -2.08. The summed E-state index contributed by atoms with van der Waals surface area (Å²) >= 11 is 0. The first-order valence-electron chi connectivity index (χ1n) is 6.62. The Hall–Kier alpha value is -2.82. The van der Waals surface area contributed by atoms with E-state index in [9.17, 15) is 4.39 Å². The average molecular weight is 278 g/mol. The molecule has 0 saturated heterocycles. The number of fused-ring (bicyclic) bond motifs is 3. The molecule has 2 aromatic carbocycles. The molecular weight excluding hydrogens is 267 g/mol. The van der Waals surface area contributed by atoms with Gasteiger partial charge in [-0.05, 0) is 18.2 Å². The fourth-order valence-electron chi connectivity index (χ4n) is 2.57. The van der Waals surface area contributed by atoms with Crippen LogP contribution in [0.3, 0.4) is 0 Å². The maximum atomic E-state index is 14.1. The van der Waals surface area contributed by atoms with E-state index >= 15 is 0 Å². The number of para-hydroxylation sites is 1. The second kappa shape index (κ2) is 4.63. The van der Waals surface area contributed by atoms with Crippen molar-refractivity contribution < 1.29 is 4.39 Å². The Morgan fingerprint density at radius 2 is 1.71 bits per heavy atom. The molecular formula is C16H11FN4. The lowest BCUT2D eigenvalue weighted by molar-refractivity contribution is 0.625. The van der Waals surface area contributed by atoms with Gasteiger partial charge in [0.05, 0.1) is 11.4 Å². The van der Waals surface area contributed by atoms with E-state index in [0.29, 0.717) is 17.8 Å². The summed E-state index contributed by atoms with van der Waals surface area (Å²) in [7, 11) is 0. The molecule has 0 N–H and O–H groups in total. The maximum Gasteiger partial charge on any atom is 0.159 e. The van der Waals surface area contributed by atoms with Crippen molar-refractivity contribution in [3.63, 3.8) is 0 Å². The minimum Gasteiger partial charge on any atom is -0.283 e. The van der Waals surface area contributed by atoms with Gasteiger partial charge in [-0.1, -0.05) is 30.3 Å². The highest BCUT2D eigenvalue weighted by Crippen LogP contribution is 2.24. The number of aromatic nitrogens is 3. The number of nitrogens with zero attached hydrogens (tertiary/aromatic N) is 4. The molecule has 3 aromatic rings. The molecule has 0 amide bonds. The van der Waals surface area contributed by atoms with E-state index in [4.69, 9.17) is 0 Å². The van der Waals surface area contributed by atoms with Crippen LogP contribution in [0.15, 0.2) is 59.9 Å². The molecule has 0 fully saturated rings. The zero-order chi connectivity index (χ0) is 14.2. The van der Waals surface area contributed by atoms with Crippen LogP contribution in [0.4, 0.5) is 4.39 Å². The zero-order valence-corrected chi connectivity index (χ0v) is 11.1. The van der Waals surface area contributed by atoms with E-state index in [1.807, 2.05) is 34.9 Å². The van der Waals surface area contributed by atoms with Crippen LogP contribution in [-0.4, -0.2) is 20.5 Å². The van der Waals surface area contributed by atoms with E-state index in [2.05, 4.69) is 15.2 Å². The summed E-state index contributed by atoms with van der Waals surface area (Å²) in [6, 6.07) is 14.4. The molecule has 4 nitrogen and oxygen atoms in total. The first-order valence-corrected chi connectivity index (χ1v) is 6.62. The lowest BCUT2D eigenvalue weighted by Gasteiger charge is -2.11. The molecule has 0 atom stereocenters. The second-order valence-corrected chi connectivity index (χ2v) is 4.78. The molecule has 0 bridgehead atoms. The highest BCUT2D eigenvalue weighted by Gasteiger charge is 2.20. The van der Waals surface area contributed by atoms with Crippen LogP contribution in [0.25, 0.3) is 5.69 Å². The Kier molecular flexibility index (Phi) is 2.64. The van der Waals surface area contributed by atoms with Crippen molar-refractivity contribution in [2.45, 2.75) is 6.54 Å². The van der Waals surface area contributed by atoms with Crippen LogP contribution in [0.2, 0.25) is 0 Å². The minimum absolute atomic E-state index is 0.274. The summed E-state index contributed by atoms with van der Waals surface area (Å²) in [6.07, 6.45) is 1.66. The molecule has 0 saturated carbocycles. The van der Waals surface area contributed by atoms with E-state index in [0.717, 1.165) is 17.1 Å². The molecule has 0 spiro atoms. The van der Waals surface area contributed by atoms with E-state index in [-0.39, 0.29) is 5.82 Å². The summed E-state index contributed by atoms with van der Waals surface area (Å²) in [5, 5.41) is 8.01. The molecule has 1 aromatic heterocycles. The van der Waals surface area contributed by atoms with Gasteiger partial charge in [-0.25, -0.2) is 4.39 Å². The van der Waals surface area contributed by atoms with Crippen molar-refractivity contribution in [3.05, 3.63) is 77.6 Å². The highest BCUT2D eigenvalue weighted by molar-refractivity contribution is 6.15. The molecule has 0 unspecified atom stereocenters. The maximum absolute atomic E-state index is 14.1. The van der Waals surface area contributed by atoms with Crippen molar-refractivity contribution in [2.75, 3.05) is 0 Å². The first-order chi connectivity index (χ1) is 10.3. The predicted octanol–water partition coefficient (Wildman–Crippen LogP) is 2.76. The number of halogens is 1. The largest absolute Gasteiger partial charge is 0.283 e. The smallest absolute Gasteiger partial charge is 0.159 e. The molecule has 21 heavy (non-hydrogen) atoms. The quantitative estimate of drug-likeness (QED) is 0.687. The van der Waals surface area contributed by atoms with Crippen LogP contribution < -0.4 is 0 Å². The topological polar surface area (TPSA) is 43.1 Å². The van der Waals surface area contributed by atoms with Gasteiger partial charge in [-0.3, -0.25) is 9.56 Å². The van der Waals surface area contributed by atoms with Crippen LogP contribution in [0.5, 0.6) is 0 Å². The fourth-order valence-corrected chi connectivity index (χ4v) is 2.57. The van der Waals surface area contributed by atoms with E-state index < -0.39 is 0 Å². The SMILES string of the molecule is Fc1ccccc1C1=NCc2nncn2-c2ccccc21. The summed E-state index contributed by atoms with van der Waals surface area (Å²) < 4.78 is 16.0. The van der Waals surface area contributed by atoms with Crippen molar-refractivity contribution in [3.8, 4) is 5.69 Å². The second-order valence-electron chi connectivity index (χ2n) is 4.78. The van der Waals surface area contributed by atoms with E-state index in [1.165, 1.54) is 6.07 Å². The van der Waals surface area contributed by atoms with E-state index in [1.54, 1.807) is 18.5 Å². The third-order valence-corrected chi connectivity index (χ3v) is 3.54. The molecule has 0 aliphatic carbocycles. The van der Waals surface area contributed by atoms with Crippen LogP contribution in [0, 0.1) is 5.82 Å². The number of hydrogen-bond acceptors (Lipinski definition) is 3. The Bertz CT molecular complexity index is 851. The standard InChI is InChI=1S/C16H11FN4/c17-13-7-3-1-5-11(13)16-12-6-2-4-8-14(12)21-10-19-20-15(21)9-18-16/h1-8,10H,9H2. The van der Waals surface area contributed by atoms with Crippen LogP contribution >= 0.6 is 0 Å². The summed E-state index contributed by atoms with van der Waals surface area (Å²) in [4.78, 5) is 4.56. The number of hydrogen-bond donors (Lipinski definition) is 0. The zero-order valence-electron chi connectivity index (χ0n) is 11.1. The van der Waals surface area contributed by atoms with Gasteiger partial charge in [0.15, 0.2) is 5.82 Å². The molecule has 5 heteroatoms. The fraction of sp³-hybridized carbons (Fsp3) is 0.0625. The molecule has 4 rings (SSSR count). The lowest BCUT2D eigenvalue weighted by atomic mass is 10.00. The van der Waals surface area contributed by atoms with Gasteiger partial charge in [0.1, 0.15) is 18.7 Å². The number of rotatable bonds is 1. The van der Waals surface area contributed by atoms with Gasteiger partial charge >= 0.3 is 0 Å². The number of aliphatic imine (C=N–C) groups is 1. The Balaban J connectivity index is 1.99. The van der Waals surface area contributed by atoms with Gasteiger partial charge in [0, 0.05) is 11.1 Å². The Morgan fingerprint density at radius 1 is 0.952 bits per heavy atom. The van der Waals surface area contributed by atoms with Gasteiger partial charge in [-0.2, -0.15) is 0 Å². The number of benzene rings is 2. The normalized spacial score (nSPS) is 13.1. The van der Waals surface area contributed by atoms with Gasteiger partial charge in [0.25, 0.3) is 0 Å². The Morgan fingerprint density at radius 3 is 2.57 bits per heavy atom.